The number of likely N-dealkylation sites (tertiary alicyclic amines) is 1. The molecule has 1 aromatic rings. The molecule has 0 bridgehead atoms. The molecule has 138 valence electrons. The molecule has 1 aliphatic rings. The van der Waals surface area contributed by atoms with E-state index in [1.54, 1.807) is 19.0 Å². The van der Waals surface area contributed by atoms with Gasteiger partial charge >= 0.3 is 5.69 Å². The summed E-state index contributed by atoms with van der Waals surface area (Å²) in [6.07, 6.45) is 2.11. The Balaban J connectivity index is 2.29. The van der Waals surface area contributed by atoms with Gasteiger partial charge in [-0.3, -0.25) is 28.8 Å². The highest BCUT2D eigenvalue weighted by Gasteiger charge is 2.34. The maximum absolute atomic E-state index is 12.7. The van der Waals surface area contributed by atoms with E-state index in [2.05, 4.69) is 4.98 Å². The average Bonchev–Trinajstić information content (AvgIpc) is 2.98. The number of hydrogen-bond donors (Lipinski definition) is 2. The molecule has 1 amide bonds. The summed E-state index contributed by atoms with van der Waals surface area (Å²) in [5.74, 6) is -0.666. The molecule has 0 saturated carbocycles. The summed E-state index contributed by atoms with van der Waals surface area (Å²) in [5.41, 5.74) is 4.30. The molecule has 0 spiro atoms. The Labute approximate surface area is 145 Å². The first-order chi connectivity index (χ1) is 11.8. The zero-order valence-electron chi connectivity index (χ0n) is 14.9. The highest BCUT2D eigenvalue weighted by molar-refractivity contribution is 6.01. The number of H-pyrrole nitrogens is 1. The lowest BCUT2D eigenvalue weighted by Crippen LogP contribution is -2.45. The minimum atomic E-state index is -0.783. The number of aromatic amines is 1. The molecule has 2 rings (SSSR count). The van der Waals surface area contributed by atoms with Crippen LogP contribution < -0.4 is 17.0 Å². The molecule has 0 radical (unpaired) electrons. The van der Waals surface area contributed by atoms with Gasteiger partial charge in [-0.15, -0.1) is 0 Å². The first kappa shape index (κ1) is 18.9. The summed E-state index contributed by atoms with van der Waals surface area (Å²) in [7, 11) is 3.34. The lowest BCUT2D eigenvalue weighted by atomic mass is 10.1. The quantitative estimate of drug-likeness (QED) is 0.651. The lowest BCUT2D eigenvalue weighted by molar-refractivity contribution is -0.133. The van der Waals surface area contributed by atoms with E-state index in [1.807, 2.05) is 6.92 Å². The van der Waals surface area contributed by atoms with Crippen molar-refractivity contribution in [3.8, 4) is 0 Å². The molecule has 9 heteroatoms. The third-order valence-electron chi connectivity index (χ3n) is 4.40. The first-order valence-corrected chi connectivity index (χ1v) is 8.38. The third kappa shape index (κ3) is 3.81. The number of aromatic nitrogens is 2. The predicted molar refractivity (Wildman–Crippen MR) is 93.6 cm³/mol. The van der Waals surface area contributed by atoms with Crippen LogP contribution >= 0.6 is 0 Å². The van der Waals surface area contributed by atoms with E-state index < -0.39 is 17.0 Å². The topological polar surface area (TPSA) is 121 Å². The van der Waals surface area contributed by atoms with Crippen molar-refractivity contribution in [3.63, 3.8) is 0 Å². The fraction of sp³-hybridized carbons (Fsp3) is 0.625. The van der Waals surface area contributed by atoms with Gasteiger partial charge in [-0.05, 0) is 25.8 Å². The molecular formula is C16H25N5O4. The fourth-order valence-electron chi connectivity index (χ4n) is 3.16. The van der Waals surface area contributed by atoms with E-state index in [1.165, 1.54) is 9.47 Å². The highest BCUT2D eigenvalue weighted by Crippen LogP contribution is 2.19. The smallest absolute Gasteiger partial charge is 0.329 e. The van der Waals surface area contributed by atoms with Crippen molar-refractivity contribution < 1.29 is 9.59 Å². The van der Waals surface area contributed by atoms with Gasteiger partial charge in [-0.1, -0.05) is 6.92 Å². The molecule has 3 N–H and O–H groups in total. The molecule has 1 aliphatic heterocycles. The van der Waals surface area contributed by atoms with E-state index in [0.717, 1.165) is 6.42 Å². The zero-order chi connectivity index (χ0) is 18.7. The number of amides is 1. The van der Waals surface area contributed by atoms with Crippen molar-refractivity contribution in [1.29, 1.82) is 0 Å². The number of nitrogens with zero attached hydrogens (tertiary/aromatic N) is 3. The summed E-state index contributed by atoms with van der Waals surface area (Å²) in [4.78, 5) is 54.2. The maximum atomic E-state index is 12.7. The van der Waals surface area contributed by atoms with Gasteiger partial charge in [0.1, 0.15) is 11.4 Å². The van der Waals surface area contributed by atoms with Crippen LogP contribution in [0.5, 0.6) is 0 Å². The SMILES string of the molecule is CCCn1c(N)c(C(=O)CN2CCCC2C(=O)N(C)C)c(=O)[nH]c1=O. The minimum absolute atomic E-state index is 0.0665. The second-order valence-corrected chi connectivity index (χ2v) is 6.46. The van der Waals surface area contributed by atoms with Crippen LogP contribution in [0, 0.1) is 0 Å². The molecule has 25 heavy (non-hydrogen) atoms. The molecule has 1 atom stereocenters. The average molecular weight is 351 g/mol. The van der Waals surface area contributed by atoms with Crippen LogP contribution in [0.3, 0.4) is 0 Å². The van der Waals surface area contributed by atoms with Gasteiger partial charge in [-0.2, -0.15) is 0 Å². The van der Waals surface area contributed by atoms with Crippen molar-refractivity contribution in [2.75, 3.05) is 32.9 Å². The van der Waals surface area contributed by atoms with E-state index in [0.29, 0.717) is 25.9 Å². The monoisotopic (exact) mass is 351 g/mol. The molecule has 1 fully saturated rings. The number of ketones is 1. The van der Waals surface area contributed by atoms with Crippen LogP contribution in [0.15, 0.2) is 9.59 Å². The number of nitrogens with one attached hydrogen (secondary N) is 1. The molecule has 0 aromatic carbocycles. The number of likely N-dealkylation sites (N-methyl/N-ethyl adjacent to an activating group) is 1. The largest absolute Gasteiger partial charge is 0.384 e. The number of rotatable bonds is 6. The molecule has 2 heterocycles. The Kier molecular flexibility index (Phi) is 5.78. The Morgan fingerprint density at radius 2 is 2.00 bits per heavy atom. The van der Waals surface area contributed by atoms with E-state index >= 15 is 0 Å². The Morgan fingerprint density at radius 1 is 1.32 bits per heavy atom. The van der Waals surface area contributed by atoms with Crippen molar-refractivity contribution in [2.45, 2.75) is 38.8 Å². The summed E-state index contributed by atoms with van der Waals surface area (Å²) < 4.78 is 1.20. The number of anilines is 1. The Morgan fingerprint density at radius 3 is 2.60 bits per heavy atom. The predicted octanol–water partition coefficient (Wildman–Crippen LogP) is -0.736. The minimum Gasteiger partial charge on any atom is -0.384 e. The molecule has 0 aliphatic carbocycles. The van der Waals surface area contributed by atoms with Gasteiger partial charge < -0.3 is 10.6 Å². The maximum Gasteiger partial charge on any atom is 0.329 e. The van der Waals surface area contributed by atoms with Crippen LogP contribution in [0.4, 0.5) is 5.82 Å². The van der Waals surface area contributed by atoms with Gasteiger partial charge in [0.15, 0.2) is 5.78 Å². The number of nitrogen functional groups attached to an aromatic ring is 1. The summed E-state index contributed by atoms with van der Waals surface area (Å²) in [6.45, 7) is 2.69. The molecule has 1 unspecified atom stereocenters. The standard InChI is InChI=1S/C16H25N5O4/c1-4-7-21-13(17)12(14(23)18-16(21)25)11(22)9-20-8-5-6-10(20)15(24)19(2)3/h10H,4-9,17H2,1-3H3,(H,18,23,25). The third-order valence-corrected chi connectivity index (χ3v) is 4.40. The second-order valence-electron chi connectivity index (χ2n) is 6.46. The molecule has 9 nitrogen and oxygen atoms in total. The molecular weight excluding hydrogens is 326 g/mol. The zero-order valence-corrected chi connectivity index (χ0v) is 14.9. The highest BCUT2D eigenvalue weighted by atomic mass is 16.2. The van der Waals surface area contributed by atoms with E-state index in [9.17, 15) is 19.2 Å². The first-order valence-electron chi connectivity index (χ1n) is 8.38. The fourth-order valence-corrected chi connectivity index (χ4v) is 3.16. The Bertz CT molecular complexity index is 780. The Hall–Kier alpha value is -2.42. The lowest BCUT2D eigenvalue weighted by Gasteiger charge is -2.25. The number of carbonyl (C=O) groups excluding carboxylic acids is 2. The number of hydrogen-bond acceptors (Lipinski definition) is 6. The normalized spacial score (nSPS) is 17.6. The number of nitrogens with two attached hydrogens (primary N) is 1. The van der Waals surface area contributed by atoms with Crippen molar-refractivity contribution in [3.05, 3.63) is 26.4 Å². The van der Waals surface area contributed by atoms with Crippen LogP contribution in [-0.4, -0.2) is 64.3 Å². The summed E-state index contributed by atoms with van der Waals surface area (Å²) in [6, 6.07) is -0.374. The second kappa shape index (κ2) is 7.64. The van der Waals surface area contributed by atoms with E-state index in [-0.39, 0.29) is 29.9 Å². The van der Waals surface area contributed by atoms with E-state index in [4.69, 9.17) is 5.73 Å². The van der Waals surface area contributed by atoms with Crippen molar-refractivity contribution in [2.24, 2.45) is 0 Å². The number of carbonyl (C=O) groups is 2. The van der Waals surface area contributed by atoms with Crippen LogP contribution in [0.25, 0.3) is 0 Å². The molecule has 1 aromatic heterocycles. The van der Waals surface area contributed by atoms with Gasteiger partial charge in [-0.25, -0.2) is 4.79 Å². The van der Waals surface area contributed by atoms with Gasteiger partial charge in [0.25, 0.3) is 5.56 Å². The summed E-state index contributed by atoms with van der Waals surface area (Å²) in [5, 5.41) is 0. The van der Waals surface area contributed by atoms with Crippen LogP contribution in [0.1, 0.15) is 36.5 Å². The van der Waals surface area contributed by atoms with Crippen LogP contribution in [0.2, 0.25) is 0 Å². The number of Topliss-reactive ketones (excluding diaryl/α,β-unsaturated/α-hetero) is 1. The van der Waals surface area contributed by atoms with Gasteiger partial charge in [0.2, 0.25) is 5.91 Å². The molecule has 1 saturated heterocycles. The van der Waals surface area contributed by atoms with Gasteiger partial charge in [0.05, 0.1) is 12.6 Å². The summed E-state index contributed by atoms with van der Waals surface area (Å²) >= 11 is 0. The van der Waals surface area contributed by atoms with Crippen molar-refractivity contribution >= 4 is 17.5 Å². The van der Waals surface area contributed by atoms with Gasteiger partial charge in [0, 0.05) is 20.6 Å². The van der Waals surface area contributed by atoms with Crippen LogP contribution in [-0.2, 0) is 11.3 Å². The van der Waals surface area contributed by atoms with Crippen molar-refractivity contribution in [1.82, 2.24) is 19.4 Å².